The highest BCUT2D eigenvalue weighted by Gasteiger charge is 2.22. The summed E-state index contributed by atoms with van der Waals surface area (Å²) in [5, 5.41) is 6.30. The van der Waals surface area contributed by atoms with Gasteiger partial charge in [0.25, 0.3) is 5.91 Å². The molecule has 0 saturated heterocycles. The molecular weight excluding hydrogens is 336 g/mol. The number of hydrogen-bond donors (Lipinski definition) is 2. The maximum atomic E-state index is 12.1. The molecule has 0 bridgehead atoms. The summed E-state index contributed by atoms with van der Waals surface area (Å²) < 4.78 is 0. The lowest BCUT2D eigenvalue weighted by atomic mass is 9.89. The largest absolute Gasteiger partial charge is 0.353 e. The molecule has 0 aliphatic heterocycles. The van der Waals surface area contributed by atoms with Gasteiger partial charge in [0.05, 0.1) is 10.6 Å². The number of carbonyl (C=O) groups excluding carboxylic acids is 2. The zero-order chi connectivity index (χ0) is 18.2. The molecule has 25 heavy (non-hydrogen) atoms. The van der Waals surface area contributed by atoms with Gasteiger partial charge >= 0.3 is 0 Å². The van der Waals surface area contributed by atoms with Crippen LogP contribution in [0.25, 0.3) is 0 Å². The molecule has 4 nitrogen and oxygen atoms in total. The van der Waals surface area contributed by atoms with Gasteiger partial charge in [-0.25, -0.2) is 0 Å². The molecular formula is C20H29ClN2O2. The molecule has 2 atom stereocenters. The molecule has 0 heterocycles. The predicted molar refractivity (Wildman–Crippen MR) is 102 cm³/mol. The number of rotatable bonds is 6. The first-order valence-electron chi connectivity index (χ1n) is 9.29. The Hall–Kier alpha value is -1.55. The summed E-state index contributed by atoms with van der Waals surface area (Å²) >= 11 is 6.00. The second-order valence-corrected chi connectivity index (χ2v) is 7.67. The van der Waals surface area contributed by atoms with Gasteiger partial charge in [0, 0.05) is 19.0 Å². The van der Waals surface area contributed by atoms with E-state index in [-0.39, 0.29) is 17.9 Å². The Balaban J connectivity index is 1.70. The molecule has 2 rings (SSSR count). The zero-order valence-electron chi connectivity index (χ0n) is 15.2. The Morgan fingerprint density at radius 2 is 1.92 bits per heavy atom. The molecule has 0 unspecified atom stereocenters. The van der Waals surface area contributed by atoms with Gasteiger partial charge in [-0.05, 0) is 43.2 Å². The van der Waals surface area contributed by atoms with Crippen LogP contribution in [0.2, 0.25) is 5.02 Å². The van der Waals surface area contributed by atoms with Crippen molar-refractivity contribution in [3.63, 3.8) is 0 Å². The molecule has 0 aromatic heterocycles. The maximum absolute atomic E-state index is 12.1. The van der Waals surface area contributed by atoms with Crippen molar-refractivity contribution < 1.29 is 9.59 Å². The molecule has 1 aromatic carbocycles. The van der Waals surface area contributed by atoms with Crippen LogP contribution in [0.3, 0.4) is 0 Å². The van der Waals surface area contributed by atoms with Crippen LogP contribution in [0.15, 0.2) is 24.3 Å². The van der Waals surface area contributed by atoms with E-state index in [0.29, 0.717) is 23.6 Å². The van der Waals surface area contributed by atoms with Crippen molar-refractivity contribution in [2.45, 2.75) is 58.4 Å². The molecule has 1 saturated carbocycles. The number of carbonyl (C=O) groups is 2. The predicted octanol–water partition coefficient (Wildman–Crippen LogP) is 4.18. The Kier molecular flexibility index (Phi) is 7.76. The van der Waals surface area contributed by atoms with Gasteiger partial charge in [0.2, 0.25) is 5.91 Å². The summed E-state index contributed by atoms with van der Waals surface area (Å²) in [7, 11) is 0. The highest BCUT2D eigenvalue weighted by Crippen LogP contribution is 2.28. The minimum atomic E-state index is -0.243. The van der Waals surface area contributed by atoms with Gasteiger partial charge < -0.3 is 10.6 Å². The average Bonchev–Trinajstić information content (AvgIpc) is 2.81. The quantitative estimate of drug-likeness (QED) is 0.744. The van der Waals surface area contributed by atoms with E-state index in [0.717, 1.165) is 24.7 Å². The van der Waals surface area contributed by atoms with Gasteiger partial charge in [-0.15, -0.1) is 0 Å². The summed E-state index contributed by atoms with van der Waals surface area (Å²) in [4.78, 5) is 24.2. The van der Waals surface area contributed by atoms with Crippen molar-refractivity contribution in [2.24, 2.45) is 11.8 Å². The molecule has 5 heteroatoms. The first-order chi connectivity index (χ1) is 12.0. The van der Waals surface area contributed by atoms with Gasteiger partial charge in [0.15, 0.2) is 0 Å². The first-order valence-corrected chi connectivity index (χ1v) is 9.67. The van der Waals surface area contributed by atoms with Crippen LogP contribution < -0.4 is 10.6 Å². The van der Waals surface area contributed by atoms with Crippen LogP contribution in [0, 0.1) is 11.8 Å². The highest BCUT2D eigenvalue weighted by molar-refractivity contribution is 6.33. The fraction of sp³-hybridized carbons (Fsp3) is 0.600. The lowest BCUT2D eigenvalue weighted by Crippen LogP contribution is -2.37. The van der Waals surface area contributed by atoms with E-state index in [1.54, 1.807) is 24.3 Å². The van der Waals surface area contributed by atoms with E-state index in [4.69, 9.17) is 11.6 Å². The van der Waals surface area contributed by atoms with Crippen molar-refractivity contribution >= 4 is 23.4 Å². The van der Waals surface area contributed by atoms with E-state index >= 15 is 0 Å². The van der Waals surface area contributed by atoms with Crippen molar-refractivity contribution in [1.29, 1.82) is 0 Å². The smallest absolute Gasteiger partial charge is 0.252 e. The first kappa shape index (κ1) is 19.8. The number of benzene rings is 1. The van der Waals surface area contributed by atoms with E-state index in [1.807, 2.05) is 0 Å². The Morgan fingerprint density at radius 3 is 2.64 bits per heavy atom. The Morgan fingerprint density at radius 1 is 1.16 bits per heavy atom. The van der Waals surface area contributed by atoms with Crippen molar-refractivity contribution in [3.8, 4) is 0 Å². The van der Waals surface area contributed by atoms with Crippen LogP contribution in [-0.2, 0) is 4.79 Å². The molecule has 138 valence electrons. The normalized spacial score (nSPS) is 20.8. The van der Waals surface area contributed by atoms with E-state index in [1.165, 1.54) is 19.3 Å². The third kappa shape index (κ3) is 6.35. The number of hydrogen-bond acceptors (Lipinski definition) is 2. The van der Waals surface area contributed by atoms with Gasteiger partial charge in [-0.3, -0.25) is 9.59 Å². The van der Waals surface area contributed by atoms with E-state index in [9.17, 15) is 9.59 Å². The second-order valence-electron chi connectivity index (χ2n) is 7.26. The topological polar surface area (TPSA) is 58.2 Å². The fourth-order valence-corrected chi connectivity index (χ4v) is 3.69. The molecule has 1 aliphatic rings. The SMILES string of the molecule is CC(C)[C@H]1CCC[C@H](NC(=O)CCNC(=O)c2ccccc2Cl)CC1. The summed E-state index contributed by atoms with van der Waals surface area (Å²) in [6.07, 6.45) is 6.03. The van der Waals surface area contributed by atoms with Crippen molar-refractivity contribution in [2.75, 3.05) is 6.54 Å². The lowest BCUT2D eigenvalue weighted by molar-refractivity contribution is -0.121. The lowest BCUT2D eigenvalue weighted by Gasteiger charge is -2.19. The second kappa shape index (κ2) is 9.81. The average molecular weight is 365 g/mol. The third-order valence-corrected chi connectivity index (χ3v) is 5.41. The van der Waals surface area contributed by atoms with Gasteiger partial charge in [0.1, 0.15) is 0 Å². The van der Waals surface area contributed by atoms with Crippen LogP contribution in [0.4, 0.5) is 0 Å². The van der Waals surface area contributed by atoms with Crippen LogP contribution in [0.5, 0.6) is 0 Å². The molecule has 1 aromatic rings. The monoisotopic (exact) mass is 364 g/mol. The van der Waals surface area contributed by atoms with E-state index in [2.05, 4.69) is 24.5 Å². The van der Waals surface area contributed by atoms with Crippen LogP contribution >= 0.6 is 11.6 Å². The molecule has 1 fully saturated rings. The maximum Gasteiger partial charge on any atom is 0.252 e. The number of nitrogens with one attached hydrogen (secondary N) is 2. The Bertz CT molecular complexity index is 589. The highest BCUT2D eigenvalue weighted by atomic mass is 35.5. The molecule has 0 spiro atoms. The molecule has 1 aliphatic carbocycles. The minimum Gasteiger partial charge on any atom is -0.353 e. The molecule has 2 N–H and O–H groups in total. The molecule has 2 amide bonds. The summed E-state index contributed by atoms with van der Waals surface area (Å²) in [6.45, 7) is 4.88. The zero-order valence-corrected chi connectivity index (χ0v) is 15.9. The third-order valence-electron chi connectivity index (χ3n) is 5.08. The summed E-state index contributed by atoms with van der Waals surface area (Å²) in [6, 6.07) is 7.18. The number of amides is 2. The Labute approximate surface area is 155 Å². The van der Waals surface area contributed by atoms with Crippen molar-refractivity contribution in [1.82, 2.24) is 10.6 Å². The van der Waals surface area contributed by atoms with Crippen LogP contribution in [-0.4, -0.2) is 24.4 Å². The summed E-state index contributed by atoms with van der Waals surface area (Å²) in [5.74, 6) is 1.26. The minimum absolute atomic E-state index is 0.00690. The van der Waals surface area contributed by atoms with Gasteiger partial charge in [-0.1, -0.05) is 50.4 Å². The standard InChI is InChI=1S/C20H29ClN2O2/c1-14(2)15-6-5-7-16(11-10-15)23-19(24)12-13-22-20(25)17-8-3-4-9-18(17)21/h3-4,8-9,14-16H,5-7,10-13H2,1-2H3,(H,22,25)(H,23,24)/t15-,16-/m0/s1. The van der Waals surface area contributed by atoms with E-state index < -0.39 is 0 Å². The summed E-state index contributed by atoms with van der Waals surface area (Å²) in [5.41, 5.74) is 0.438. The van der Waals surface area contributed by atoms with Crippen molar-refractivity contribution in [3.05, 3.63) is 34.9 Å². The number of halogens is 1. The fourth-order valence-electron chi connectivity index (χ4n) is 3.47. The van der Waals surface area contributed by atoms with Crippen LogP contribution in [0.1, 0.15) is 62.7 Å². The van der Waals surface area contributed by atoms with Gasteiger partial charge in [-0.2, -0.15) is 0 Å². The molecule has 0 radical (unpaired) electrons.